The Kier molecular flexibility index (Phi) is 1.91. The van der Waals surface area contributed by atoms with Gasteiger partial charge in [0.1, 0.15) is 0 Å². The summed E-state index contributed by atoms with van der Waals surface area (Å²) in [6.07, 6.45) is 1.22. The molecule has 2 aromatic carbocycles. The summed E-state index contributed by atoms with van der Waals surface area (Å²) in [5.74, 6) is 0.599. The maximum Gasteiger partial charge on any atom is 0.0335 e. The number of benzene rings is 2. The number of rotatable bonds is 0. The van der Waals surface area contributed by atoms with Crippen LogP contribution in [0, 0.1) is 0 Å². The summed E-state index contributed by atoms with van der Waals surface area (Å²) in [4.78, 5) is 0. The molecule has 1 heteroatoms. The van der Waals surface area contributed by atoms with E-state index in [1.165, 1.54) is 28.7 Å². The molecule has 1 aliphatic carbocycles. The van der Waals surface area contributed by atoms with Crippen LogP contribution in [-0.2, 0) is 6.54 Å². The highest BCUT2D eigenvalue weighted by atomic mass is 14.9. The Bertz CT molecular complexity index is 573. The van der Waals surface area contributed by atoms with Gasteiger partial charge in [-0.15, -0.1) is 0 Å². The van der Waals surface area contributed by atoms with Gasteiger partial charge in [-0.05, 0) is 28.7 Å². The highest BCUT2D eigenvalue weighted by Crippen LogP contribution is 2.46. The normalized spacial score (nSPS) is 24.9. The first-order valence-electron chi connectivity index (χ1n) is 6.33. The summed E-state index contributed by atoms with van der Waals surface area (Å²) in [6.45, 7) is 1.01. The van der Waals surface area contributed by atoms with E-state index in [0.717, 1.165) is 6.54 Å². The predicted octanol–water partition coefficient (Wildman–Crippen LogP) is 3.37. The van der Waals surface area contributed by atoms with Gasteiger partial charge >= 0.3 is 0 Å². The molecule has 2 aromatic rings. The van der Waals surface area contributed by atoms with Crippen molar-refractivity contribution in [2.24, 2.45) is 0 Å². The molecular weight excluding hydrogens is 206 g/mol. The zero-order valence-corrected chi connectivity index (χ0v) is 9.69. The number of hydrogen-bond acceptors (Lipinski definition) is 1. The van der Waals surface area contributed by atoms with E-state index < -0.39 is 0 Å². The first-order valence-corrected chi connectivity index (χ1v) is 6.33. The summed E-state index contributed by atoms with van der Waals surface area (Å²) >= 11 is 0. The zero-order valence-electron chi connectivity index (χ0n) is 9.69. The summed E-state index contributed by atoms with van der Waals surface area (Å²) in [7, 11) is 0. The third-order valence-electron chi connectivity index (χ3n) is 4.19. The van der Waals surface area contributed by atoms with Crippen molar-refractivity contribution in [3.63, 3.8) is 0 Å². The summed E-state index contributed by atoms with van der Waals surface area (Å²) in [6, 6.07) is 18.3. The molecule has 2 bridgehead atoms. The van der Waals surface area contributed by atoms with E-state index in [1.807, 2.05) is 0 Å². The van der Waals surface area contributed by atoms with E-state index in [0.29, 0.717) is 12.0 Å². The van der Waals surface area contributed by atoms with Gasteiger partial charge in [0.15, 0.2) is 0 Å². The third-order valence-corrected chi connectivity index (χ3v) is 4.19. The lowest BCUT2D eigenvalue weighted by Crippen LogP contribution is -2.17. The second-order valence-electron chi connectivity index (χ2n) is 5.05. The fourth-order valence-corrected chi connectivity index (χ4v) is 3.39. The van der Waals surface area contributed by atoms with Crippen molar-refractivity contribution in [3.05, 3.63) is 70.8 Å². The van der Waals surface area contributed by atoms with Crippen molar-refractivity contribution in [1.82, 2.24) is 5.32 Å². The van der Waals surface area contributed by atoms with Gasteiger partial charge in [-0.1, -0.05) is 48.5 Å². The second-order valence-corrected chi connectivity index (χ2v) is 5.05. The average molecular weight is 221 g/mol. The molecule has 0 spiro atoms. The standard InChI is InChI=1S/C16H15N/c1-2-6-12-11(5-1)10-17-16-9-15(12)13-7-3-4-8-14(13)16/h1-8,15-17H,9-10H2. The van der Waals surface area contributed by atoms with Gasteiger partial charge in [0.2, 0.25) is 0 Å². The van der Waals surface area contributed by atoms with Gasteiger partial charge < -0.3 is 5.32 Å². The largest absolute Gasteiger partial charge is 0.306 e. The third kappa shape index (κ3) is 1.29. The molecule has 1 nitrogen and oxygen atoms in total. The summed E-state index contributed by atoms with van der Waals surface area (Å²) < 4.78 is 0. The van der Waals surface area contributed by atoms with Crippen LogP contribution in [0.25, 0.3) is 0 Å². The Hall–Kier alpha value is -1.60. The van der Waals surface area contributed by atoms with Crippen molar-refractivity contribution in [2.45, 2.75) is 24.9 Å². The van der Waals surface area contributed by atoms with Crippen molar-refractivity contribution < 1.29 is 0 Å². The SMILES string of the molecule is c1ccc2c(c1)CNC1CC2c2ccccc21. The molecule has 1 heterocycles. The van der Waals surface area contributed by atoms with Crippen molar-refractivity contribution in [1.29, 1.82) is 0 Å². The highest BCUT2D eigenvalue weighted by Gasteiger charge is 2.34. The van der Waals surface area contributed by atoms with E-state index in [9.17, 15) is 0 Å². The van der Waals surface area contributed by atoms with Crippen molar-refractivity contribution in [2.75, 3.05) is 0 Å². The molecule has 0 saturated heterocycles. The molecule has 17 heavy (non-hydrogen) atoms. The molecule has 2 unspecified atom stereocenters. The van der Waals surface area contributed by atoms with Crippen molar-refractivity contribution in [3.8, 4) is 0 Å². The van der Waals surface area contributed by atoms with E-state index >= 15 is 0 Å². The van der Waals surface area contributed by atoms with E-state index in [4.69, 9.17) is 0 Å². The van der Waals surface area contributed by atoms with Gasteiger partial charge in [0.25, 0.3) is 0 Å². The maximum absolute atomic E-state index is 3.69. The number of fused-ring (bicyclic) bond motifs is 7. The lowest BCUT2D eigenvalue weighted by Gasteiger charge is -2.17. The first-order chi connectivity index (χ1) is 8.43. The minimum Gasteiger partial charge on any atom is -0.306 e. The van der Waals surface area contributed by atoms with Gasteiger partial charge in [0.05, 0.1) is 0 Å². The van der Waals surface area contributed by atoms with E-state index in [1.54, 1.807) is 0 Å². The Morgan fingerprint density at radius 2 is 1.53 bits per heavy atom. The van der Waals surface area contributed by atoms with Crippen LogP contribution in [0.1, 0.15) is 40.6 Å². The van der Waals surface area contributed by atoms with Crippen LogP contribution in [0.3, 0.4) is 0 Å². The fraction of sp³-hybridized carbons (Fsp3) is 0.250. The van der Waals surface area contributed by atoms with Gasteiger partial charge in [0, 0.05) is 18.5 Å². The minimum atomic E-state index is 0.545. The van der Waals surface area contributed by atoms with Crippen LogP contribution in [-0.4, -0.2) is 0 Å². The van der Waals surface area contributed by atoms with Crippen LogP contribution in [0.2, 0.25) is 0 Å². The van der Waals surface area contributed by atoms with Crippen molar-refractivity contribution >= 4 is 0 Å². The lowest BCUT2D eigenvalue weighted by molar-refractivity contribution is 0.534. The Morgan fingerprint density at radius 1 is 0.824 bits per heavy atom. The fourth-order valence-electron chi connectivity index (χ4n) is 3.39. The molecule has 0 saturated carbocycles. The molecule has 1 aliphatic heterocycles. The number of nitrogens with one attached hydrogen (secondary N) is 1. The lowest BCUT2D eigenvalue weighted by atomic mass is 9.90. The zero-order chi connectivity index (χ0) is 11.2. The van der Waals surface area contributed by atoms with Gasteiger partial charge in [-0.2, -0.15) is 0 Å². The van der Waals surface area contributed by atoms with Crippen LogP contribution >= 0.6 is 0 Å². The van der Waals surface area contributed by atoms with Gasteiger partial charge in [-0.25, -0.2) is 0 Å². The first kappa shape index (κ1) is 9.43. The highest BCUT2D eigenvalue weighted by molar-refractivity contribution is 5.48. The number of hydrogen-bond donors (Lipinski definition) is 1. The van der Waals surface area contributed by atoms with Crippen LogP contribution in [0.15, 0.2) is 48.5 Å². The van der Waals surface area contributed by atoms with Crippen LogP contribution < -0.4 is 5.32 Å². The molecular formula is C16H15N. The van der Waals surface area contributed by atoms with Gasteiger partial charge in [-0.3, -0.25) is 0 Å². The molecule has 0 amide bonds. The predicted molar refractivity (Wildman–Crippen MR) is 68.9 cm³/mol. The molecule has 1 N–H and O–H groups in total. The quantitative estimate of drug-likeness (QED) is 0.719. The van der Waals surface area contributed by atoms with E-state index in [-0.39, 0.29) is 0 Å². The topological polar surface area (TPSA) is 12.0 Å². The molecule has 0 radical (unpaired) electrons. The molecule has 0 fully saturated rings. The molecule has 84 valence electrons. The summed E-state index contributed by atoms with van der Waals surface area (Å²) in [5.41, 5.74) is 6.02. The molecule has 2 atom stereocenters. The molecule has 0 aromatic heterocycles. The maximum atomic E-state index is 3.69. The Labute approximate surface area is 101 Å². The Balaban J connectivity index is 1.95. The van der Waals surface area contributed by atoms with Crippen LogP contribution in [0.4, 0.5) is 0 Å². The Morgan fingerprint density at radius 3 is 2.41 bits per heavy atom. The second kappa shape index (κ2) is 3.44. The van der Waals surface area contributed by atoms with E-state index in [2.05, 4.69) is 53.8 Å². The minimum absolute atomic E-state index is 0.545. The average Bonchev–Trinajstić information content (AvgIpc) is 2.63. The monoisotopic (exact) mass is 221 g/mol. The summed E-state index contributed by atoms with van der Waals surface area (Å²) in [5, 5.41) is 3.69. The molecule has 4 rings (SSSR count). The van der Waals surface area contributed by atoms with Crippen LogP contribution in [0.5, 0.6) is 0 Å². The smallest absolute Gasteiger partial charge is 0.0335 e. The molecule has 2 aliphatic rings.